The molecular formula is C21H26N2O5S. The van der Waals surface area contributed by atoms with Crippen LogP contribution in [-0.2, 0) is 14.8 Å². The van der Waals surface area contributed by atoms with Gasteiger partial charge in [-0.15, -0.1) is 0 Å². The molecular weight excluding hydrogens is 392 g/mol. The van der Waals surface area contributed by atoms with Crippen LogP contribution in [0.1, 0.15) is 31.1 Å². The zero-order valence-electron chi connectivity index (χ0n) is 16.8. The number of carbonyl (C=O) groups is 1. The summed E-state index contributed by atoms with van der Waals surface area (Å²) >= 11 is 0. The van der Waals surface area contributed by atoms with Crippen LogP contribution in [0.2, 0.25) is 0 Å². The SMILES string of the molecule is CCOc1ccccc1NC(=O)c1ccc(S(=O)(=O)N2C[C@H](C)O[C@@H](C)C2)cc1. The Morgan fingerprint density at radius 3 is 2.34 bits per heavy atom. The third kappa shape index (κ3) is 4.95. The molecule has 0 aromatic heterocycles. The van der Waals surface area contributed by atoms with Crippen LogP contribution < -0.4 is 10.1 Å². The van der Waals surface area contributed by atoms with Gasteiger partial charge in [-0.3, -0.25) is 4.79 Å². The zero-order valence-corrected chi connectivity index (χ0v) is 17.6. The molecule has 1 saturated heterocycles. The number of nitrogens with zero attached hydrogens (tertiary/aromatic N) is 1. The number of para-hydroxylation sites is 2. The molecule has 7 nitrogen and oxygen atoms in total. The minimum atomic E-state index is -3.64. The molecule has 2 aromatic carbocycles. The lowest BCUT2D eigenvalue weighted by atomic mass is 10.2. The summed E-state index contributed by atoms with van der Waals surface area (Å²) in [6.45, 7) is 6.68. The van der Waals surface area contributed by atoms with Gasteiger partial charge in [0.1, 0.15) is 5.75 Å². The fourth-order valence-corrected chi connectivity index (χ4v) is 4.89. The Kier molecular flexibility index (Phi) is 6.56. The highest BCUT2D eigenvalue weighted by Crippen LogP contribution is 2.25. The number of nitrogens with one attached hydrogen (secondary N) is 1. The van der Waals surface area contributed by atoms with Gasteiger partial charge in [0.25, 0.3) is 5.91 Å². The number of amides is 1. The summed E-state index contributed by atoms with van der Waals surface area (Å²) in [6, 6.07) is 13.1. The highest BCUT2D eigenvalue weighted by atomic mass is 32.2. The first-order chi connectivity index (χ1) is 13.8. The van der Waals surface area contributed by atoms with E-state index in [-0.39, 0.29) is 23.0 Å². The molecule has 0 aliphatic carbocycles. The maximum atomic E-state index is 12.9. The first kappa shape index (κ1) is 21.3. The largest absolute Gasteiger partial charge is 0.492 e. The van der Waals surface area contributed by atoms with Crippen molar-refractivity contribution in [2.75, 3.05) is 25.0 Å². The Morgan fingerprint density at radius 1 is 1.10 bits per heavy atom. The first-order valence-electron chi connectivity index (χ1n) is 9.60. The van der Waals surface area contributed by atoms with Crippen molar-refractivity contribution in [3.8, 4) is 5.75 Å². The summed E-state index contributed by atoms with van der Waals surface area (Å²) in [5.74, 6) is 0.243. The van der Waals surface area contributed by atoms with E-state index < -0.39 is 10.0 Å². The molecule has 8 heteroatoms. The van der Waals surface area contributed by atoms with Gasteiger partial charge in [-0.25, -0.2) is 8.42 Å². The highest BCUT2D eigenvalue weighted by molar-refractivity contribution is 7.89. The third-order valence-corrected chi connectivity index (χ3v) is 6.42. The van der Waals surface area contributed by atoms with Crippen LogP contribution in [-0.4, -0.2) is 50.5 Å². The molecule has 2 aromatic rings. The van der Waals surface area contributed by atoms with Gasteiger partial charge >= 0.3 is 0 Å². The van der Waals surface area contributed by atoms with Gasteiger partial charge in [-0.1, -0.05) is 12.1 Å². The molecule has 0 saturated carbocycles. The monoisotopic (exact) mass is 418 g/mol. The number of rotatable bonds is 6. The Balaban J connectivity index is 1.75. The second kappa shape index (κ2) is 8.94. The van der Waals surface area contributed by atoms with E-state index in [0.717, 1.165) is 0 Å². The second-order valence-corrected chi connectivity index (χ2v) is 8.92. The maximum Gasteiger partial charge on any atom is 0.255 e. The summed E-state index contributed by atoms with van der Waals surface area (Å²) in [5.41, 5.74) is 0.923. The van der Waals surface area contributed by atoms with Crippen molar-refractivity contribution in [1.82, 2.24) is 4.31 Å². The molecule has 1 heterocycles. The smallest absolute Gasteiger partial charge is 0.255 e. The van der Waals surface area contributed by atoms with Gasteiger partial charge in [-0.2, -0.15) is 4.31 Å². The molecule has 1 amide bonds. The Hall–Kier alpha value is -2.42. The van der Waals surface area contributed by atoms with Crippen molar-refractivity contribution in [3.63, 3.8) is 0 Å². The number of sulfonamides is 1. The summed E-state index contributed by atoms with van der Waals surface area (Å²) < 4.78 is 38.4. The van der Waals surface area contributed by atoms with E-state index in [1.807, 2.05) is 26.8 Å². The maximum absolute atomic E-state index is 12.9. The van der Waals surface area contributed by atoms with Gasteiger partial charge in [0.2, 0.25) is 10.0 Å². The summed E-state index contributed by atoms with van der Waals surface area (Å²) in [4.78, 5) is 12.7. The molecule has 29 heavy (non-hydrogen) atoms. The lowest BCUT2D eigenvalue weighted by Gasteiger charge is -2.34. The van der Waals surface area contributed by atoms with E-state index in [9.17, 15) is 13.2 Å². The average molecular weight is 419 g/mol. The van der Waals surface area contributed by atoms with Crippen LogP contribution >= 0.6 is 0 Å². The minimum absolute atomic E-state index is 0.157. The molecule has 3 rings (SSSR count). The normalized spacial score (nSPS) is 20.2. The van der Waals surface area contributed by atoms with Crippen LogP contribution in [0, 0.1) is 0 Å². The quantitative estimate of drug-likeness (QED) is 0.779. The Bertz CT molecular complexity index is 949. The van der Waals surface area contributed by atoms with Crippen molar-refractivity contribution in [3.05, 3.63) is 54.1 Å². The van der Waals surface area contributed by atoms with E-state index >= 15 is 0 Å². The fraction of sp³-hybridized carbons (Fsp3) is 0.381. The molecule has 0 bridgehead atoms. The molecule has 2 atom stereocenters. The van der Waals surface area contributed by atoms with Gasteiger partial charge < -0.3 is 14.8 Å². The fourth-order valence-electron chi connectivity index (χ4n) is 3.30. The minimum Gasteiger partial charge on any atom is -0.492 e. The summed E-state index contributed by atoms with van der Waals surface area (Å²) in [7, 11) is -3.64. The number of benzene rings is 2. The number of ether oxygens (including phenoxy) is 2. The van der Waals surface area contributed by atoms with Crippen LogP contribution in [0.5, 0.6) is 5.75 Å². The topological polar surface area (TPSA) is 84.9 Å². The Morgan fingerprint density at radius 2 is 1.72 bits per heavy atom. The molecule has 1 N–H and O–H groups in total. The predicted octanol–water partition coefficient (Wildman–Crippen LogP) is 3.14. The number of morpholine rings is 1. The molecule has 156 valence electrons. The molecule has 1 aliphatic rings. The number of anilines is 1. The van der Waals surface area contributed by atoms with Crippen molar-refractivity contribution in [2.45, 2.75) is 37.9 Å². The summed E-state index contributed by atoms with van der Waals surface area (Å²) in [5, 5.41) is 2.80. The lowest BCUT2D eigenvalue weighted by Crippen LogP contribution is -2.48. The second-order valence-electron chi connectivity index (χ2n) is 6.99. The van der Waals surface area contributed by atoms with Crippen molar-refractivity contribution >= 4 is 21.6 Å². The van der Waals surface area contributed by atoms with E-state index in [4.69, 9.17) is 9.47 Å². The van der Waals surface area contributed by atoms with Gasteiger partial charge in [0.15, 0.2) is 0 Å². The van der Waals surface area contributed by atoms with Crippen LogP contribution in [0.15, 0.2) is 53.4 Å². The van der Waals surface area contributed by atoms with Crippen molar-refractivity contribution in [2.24, 2.45) is 0 Å². The predicted molar refractivity (Wildman–Crippen MR) is 111 cm³/mol. The van der Waals surface area contributed by atoms with E-state index in [2.05, 4.69) is 5.32 Å². The standard InChI is InChI=1S/C21H26N2O5S/c1-4-27-20-8-6-5-7-19(20)22-21(24)17-9-11-18(12-10-17)29(25,26)23-13-15(2)28-16(3)14-23/h5-12,15-16H,4,13-14H2,1-3H3,(H,22,24)/t15-,16-/m0/s1. The van der Waals surface area contributed by atoms with Crippen LogP contribution in [0.4, 0.5) is 5.69 Å². The average Bonchev–Trinajstić information content (AvgIpc) is 2.69. The van der Waals surface area contributed by atoms with E-state index in [0.29, 0.717) is 36.7 Å². The molecule has 1 fully saturated rings. The van der Waals surface area contributed by atoms with Crippen LogP contribution in [0.3, 0.4) is 0 Å². The van der Waals surface area contributed by atoms with E-state index in [1.165, 1.54) is 28.6 Å². The third-order valence-electron chi connectivity index (χ3n) is 4.58. The van der Waals surface area contributed by atoms with Gasteiger partial charge in [-0.05, 0) is 57.2 Å². The number of hydrogen-bond donors (Lipinski definition) is 1. The van der Waals surface area contributed by atoms with Crippen molar-refractivity contribution in [1.29, 1.82) is 0 Å². The molecule has 0 unspecified atom stereocenters. The Labute approximate surface area is 171 Å². The van der Waals surface area contributed by atoms with Gasteiger partial charge in [0, 0.05) is 18.7 Å². The van der Waals surface area contributed by atoms with Gasteiger partial charge in [0.05, 0.1) is 29.4 Å². The molecule has 0 radical (unpaired) electrons. The van der Waals surface area contributed by atoms with E-state index in [1.54, 1.807) is 18.2 Å². The van der Waals surface area contributed by atoms with Crippen molar-refractivity contribution < 1.29 is 22.7 Å². The highest BCUT2D eigenvalue weighted by Gasteiger charge is 2.32. The first-order valence-corrected chi connectivity index (χ1v) is 11.0. The van der Waals surface area contributed by atoms with Crippen LogP contribution in [0.25, 0.3) is 0 Å². The zero-order chi connectivity index (χ0) is 21.0. The summed E-state index contributed by atoms with van der Waals surface area (Å²) in [6.07, 6.45) is -0.326. The lowest BCUT2D eigenvalue weighted by molar-refractivity contribution is -0.0440. The molecule has 0 spiro atoms. The number of hydrogen-bond acceptors (Lipinski definition) is 5. The molecule has 1 aliphatic heterocycles. The number of carbonyl (C=O) groups excluding carboxylic acids is 1.